The summed E-state index contributed by atoms with van der Waals surface area (Å²) in [6.07, 6.45) is 1.73. The second kappa shape index (κ2) is 8.42. The Morgan fingerprint density at radius 1 is 1.22 bits per heavy atom. The van der Waals surface area contributed by atoms with Crippen LogP contribution in [0, 0.1) is 0 Å². The highest BCUT2D eigenvalue weighted by atomic mass is 35.5. The van der Waals surface area contributed by atoms with Crippen LogP contribution in [0.1, 0.15) is 17.3 Å². The molecule has 27 heavy (non-hydrogen) atoms. The zero-order valence-corrected chi connectivity index (χ0v) is 16.3. The maximum absolute atomic E-state index is 12.3. The maximum Gasteiger partial charge on any atom is 0.338 e. The van der Waals surface area contributed by atoms with Gasteiger partial charge in [-0.05, 0) is 31.2 Å². The molecule has 1 heterocycles. The van der Waals surface area contributed by atoms with Crippen LogP contribution in [0.25, 0.3) is 0 Å². The molecule has 1 N–H and O–H groups in total. The van der Waals surface area contributed by atoms with Crippen molar-refractivity contribution in [1.82, 2.24) is 14.3 Å². The van der Waals surface area contributed by atoms with Gasteiger partial charge >= 0.3 is 5.97 Å². The van der Waals surface area contributed by atoms with E-state index in [1.165, 1.54) is 45.5 Å². The van der Waals surface area contributed by atoms with E-state index < -0.39 is 28.0 Å². The lowest BCUT2D eigenvalue weighted by atomic mass is 10.2. The van der Waals surface area contributed by atoms with Crippen LogP contribution >= 0.6 is 11.6 Å². The Morgan fingerprint density at radius 2 is 1.85 bits per heavy atom. The Balaban J connectivity index is 2.15. The Hall–Kier alpha value is -2.56. The first kappa shape index (κ1) is 20.7. The van der Waals surface area contributed by atoms with Crippen molar-refractivity contribution in [3.05, 3.63) is 47.2 Å². The molecule has 0 radical (unpaired) electrons. The van der Waals surface area contributed by atoms with Crippen molar-refractivity contribution in [2.75, 3.05) is 19.4 Å². The molecule has 1 aromatic carbocycles. The molecule has 1 aromatic heterocycles. The number of rotatable bonds is 6. The van der Waals surface area contributed by atoms with Gasteiger partial charge in [0.25, 0.3) is 5.91 Å². The Bertz CT molecular complexity index is 951. The molecule has 2 rings (SSSR count). The second-order valence-electron chi connectivity index (χ2n) is 5.54. The third-order valence-corrected chi connectivity index (χ3v) is 5.68. The fourth-order valence-electron chi connectivity index (χ4n) is 1.88. The molecule has 0 fully saturated rings. The van der Waals surface area contributed by atoms with E-state index >= 15 is 0 Å². The number of carbonyl (C=O) groups is 2. The fraction of sp³-hybridized carbons (Fsp3) is 0.250. The number of nitrogens with zero attached hydrogens (tertiary/aromatic N) is 3. The number of aromatic nitrogens is 2. The quantitative estimate of drug-likeness (QED) is 0.715. The van der Waals surface area contributed by atoms with Gasteiger partial charge in [-0.3, -0.25) is 10.1 Å². The van der Waals surface area contributed by atoms with Crippen molar-refractivity contribution in [2.45, 2.75) is 17.9 Å². The minimum Gasteiger partial charge on any atom is -0.449 e. The summed E-state index contributed by atoms with van der Waals surface area (Å²) in [6, 6.07) is 5.27. The van der Waals surface area contributed by atoms with Gasteiger partial charge in [0.1, 0.15) is 4.90 Å². The van der Waals surface area contributed by atoms with Crippen LogP contribution in [0.5, 0.6) is 0 Å². The molecule has 1 unspecified atom stereocenters. The van der Waals surface area contributed by atoms with Crippen LogP contribution in [0.15, 0.2) is 41.6 Å². The smallest absolute Gasteiger partial charge is 0.338 e. The number of halogens is 1. The van der Waals surface area contributed by atoms with Crippen LogP contribution in [0.3, 0.4) is 0 Å². The summed E-state index contributed by atoms with van der Waals surface area (Å²) in [7, 11) is -1.17. The van der Waals surface area contributed by atoms with Crippen LogP contribution in [-0.2, 0) is 19.6 Å². The third kappa shape index (κ3) is 5.00. The van der Waals surface area contributed by atoms with Crippen molar-refractivity contribution >= 4 is 39.4 Å². The van der Waals surface area contributed by atoms with Gasteiger partial charge in [0, 0.05) is 26.5 Å². The zero-order chi connectivity index (χ0) is 20.2. The lowest BCUT2D eigenvalue weighted by Gasteiger charge is -2.15. The summed E-state index contributed by atoms with van der Waals surface area (Å²) in [5, 5.41) is 2.36. The number of anilines is 1. The fourth-order valence-corrected chi connectivity index (χ4v) is 3.28. The van der Waals surface area contributed by atoms with E-state index in [1.54, 1.807) is 6.07 Å². The van der Waals surface area contributed by atoms with Crippen LogP contribution in [-0.4, -0.2) is 54.8 Å². The van der Waals surface area contributed by atoms with Gasteiger partial charge in [0.2, 0.25) is 16.0 Å². The maximum atomic E-state index is 12.3. The van der Waals surface area contributed by atoms with Gasteiger partial charge < -0.3 is 4.74 Å². The van der Waals surface area contributed by atoms with Crippen LogP contribution in [0.4, 0.5) is 5.95 Å². The molecular formula is C16H17ClN4O5S. The molecule has 144 valence electrons. The molecule has 0 aliphatic carbocycles. The molecule has 2 aromatic rings. The van der Waals surface area contributed by atoms with Gasteiger partial charge in [-0.1, -0.05) is 11.6 Å². The average Bonchev–Trinajstić information content (AvgIpc) is 2.62. The monoisotopic (exact) mass is 412 g/mol. The average molecular weight is 413 g/mol. The van der Waals surface area contributed by atoms with Gasteiger partial charge in [-0.25, -0.2) is 27.5 Å². The second-order valence-corrected chi connectivity index (χ2v) is 8.07. The highest BCUT2D eigenvalue weighted by Crippen LogP contribution is 2.25. The number of amides is 1. The number of esters is 1. The van der Waals surface area contributed by atoms with Crippen molar-refractivity contribution in [2.24, 2.45) is 0 Å². The molecule has 0 aliphatic heterocycles. The lowest BCUT2D eigenvalue weighted by molar-refractivity contribution is -0.123. The molecule has 0 bridgehead atoms. The standard InChI is InChI=1S/C16H17ClN4O5S/c1-10(14(22)20-16-18-7-4-8-19-16)26-15(23)11-5-6-12(17)13(9-11)27(24,25)21(2)3/h4-10H,1-3H3,(H,18,19,20,22). The van der Waals surface area contributed by atoms with Crippen LogP contribution in [0.2, 0.25) is 5.02 Å². The van der Waals surface area contributed by atoms with Crippen LogP contribution < -0.4 is 5.32 Å². The SMILES string of the molecule is CC(OC(=O)c1ccc(Cl)c(S(=O)(=O)N(C)C)c1)C(=O)Nc1ncccn1. The van der Waals surface area contributed by atoms with Gasteiger partial charge in [0.05, 0.1) is 10.6 Å². The van der Waals surface area contributed by atoms with Gasteiger partial charge in [0.15, 0.2) is 6.10 Å². The van der Waals surface area contributed by atoms with Crippen molar-refractivity contribution < 1.29 is 22.7 Å². The normalized spacial score (nSPS) is 12.5. The number of hydrogen-bond acceptors (Lipinski definition) is 7. The largest absolute Gasteiger partial charge is 0.449 e. The summed E-state index contributed by atoms with van der Waals surface area (Å²) in [6.45, 7) is 1.36. The van der Waals surface area contributed by atoms with E-state index in [2.05, 4.69) is 15.3 Å². The predicted molar refractivity (Wildman–Crippen MR) is 97.9 cm³/mol. The third-order valence-electron chi connectivity index (χ3n) is 3.38. The number of hydrogen-bond donors (Lipinski definition) is 1. The Kier molecular flexibility index (Phi) is 6.47. The van der Waals surface area contributed by atoms with E-state index in [4.69, 9.17) is 16.3 Å². The van der Waals surface area contributed by atoms with Crippen molar-refractivity contribution in [3.8, 4) is 0 Å². The molecular weight excluding hydrogens is 396 g/mol. The van der Waals surface area contributed by atoms with E-state index in [9.17, 15) is 18.0 Å². The first-order chi connectivity index (χ1) is 12.6. The van der Waals surface area contributed by atoms with Crippen molar-refractivity contribution in [1.29, 1.82) is 0 Å². The topological polar surface area (TPSA) is 119 Å². The number of carbonyl (C=O) groups excluding carboxylic acids is 2. The molecule has 0 saturated carbocycles. The first-order valence-corrected chi connectivity index (χ1v) is 9.45. The Labute approximate surface area is 161 Å². The lowest BCUT2D eigenvalue weighted by Crippen LogP contribution is -2.30. The molecule has 11 heteroatoms. The van der Waals surface area contributed by atoms with Gasteiger partial charge in [-0.2, -0.15) is 0 Å². The van der Waals surface area contributed by atoms with E-state index in [-0.39, 0.29) is 21.4 Å². The molecule has 0 saturated heterocycles. The minimum absolute atomic E-state index is 0.0349. The molecule has 0 aliphatic rings. The molecule has 1 atom stereocenters. The zero-order valence-electron chi connectivity index (χ0n) is 14.7. The van der Waals surface area contributed by atoms with E-state index in [1.807, 2.05) is 0 Å². The summed E-state index contributed by atoms with van der Waals surface area (Å²) in [5.74, 6) is -1.44. The summed E-state index contributed by atoms with van der Waals surface area (Å²) in [5.41, 5.74) is -0.0598. The van der Waals surface area contributed by atoms with E-state index in [0.29, 0.717) is 0 Å². The summed E-state index contributed by atoms with van der Waals surface area (Å²) < 4.78 is 30.6. The Morgan fingerprint density at radius 3 is 2.44 bits per heavy atom. The number of sulfonamides is 1. The highest BCUT2D eigenvalue weighted by Gasteiger charge is 2.24. The summed E-state index contributed by atoms with van der Waals surface area (Å²) >= 11 is 5.94. The minimum atomic E-state index is -3.85. The summed E-state index contributed by atoms with van der Waals surface area (Å²) in [4.78, 5) is 31.8. The van der Waals surface area contributed by atoms with Gasteiger partial charge in [-0.15, -0.1) is 0 Å². The molecule has 9 nitrogen and oxygen atoms in total. The number of ether oxygens (including phenoxy) is 1. The number of benzene rings is 1. The molecule has 0 spiro atoms. The van der Waals surface area contributed by atoms with E-state index in [0.717, 1.165) is 10.4 Å². The highest BCUT2D eigenvalue weighted by molar-refractivity contribution is 7.89. The predicted octanol–water partition coefficient (Wildman–Crippen LogP) is 1.56. The first-order valence-electron chi connectivity index (χ1n) is 7.64. The van der Waals surface area contributed by atoms with Crippen molar-refractivity contribution in [3.63, 3.8) is 0 Å². The molecule has 1 amide bonds. The number of nitrogens with one attached hydrogen (secondary N) is 1.